The van der Waals surface area contributed by atoms with Crippen LogP contribution in [0.25, 0.3) is 10.4 Å². The van der Waals surface area contributed by atoms with Gasteiger partial charge in [-0.2, -0.15) is 0 Å². The fourth-order valence-corrected chi connectivity index (χ4v) is 1.13. The van der Waals surface area contributed by atoms with Gasteiger partial charge in [-0.25, -0.2) is 0 Å². The van der Waals surface area contributed by atoms with Gasteiger partial charge in [0.2, 0.25) is 5.91 Å². The fraction of sp³-hybridized carbons (Fsp3) is 0.300. The van der Waals surface area contributed by atoms with E-state index in [2.05, 4.69) is 10.0 Å². The molecule has 5 heteroatoms. The molecule has 0 atom stereocenters. The van der Waals surface area contributed by atoms with E-state index >= 15 is 0 Å². The molecule has 15 heavy (non-hydrogen) atoms. The summed E-state index contributed by atoms with van der Waals surface area (Å²) in [5.41, 5.74) is 9.60. The molecule has 78 valence electrons. The summed E-state index contributed by atoms with van der Waals surface area (Å²) >= 11 is 0. The van der Waals surface area contributed by atoms with Crippen molar-refractivity contribution in [3.63, 3.8) is 0 Å². The maximum Gasteiger partial charge on any atom is 0.226 e. The van der Waals surface area contributed by atoms with Crippen LogP contribution in [-0.4, -0.2) is 24.9 Å². The molecule has 0 aliphatic carbocycles. The standard InChI is InChI=1S/C10H12N4O/c1-14(2)10(15)7-8-5-3-4-6-9(8)12-13-11/h3-6H,7H2,1-2H3. The molecule has 0 unspecified atom stereocenters. The summed E-state index contributed by atoms with van der Waals surface area (Å²) in [5, 5.41) is 3.53. The quantitative estimate of drug-likeness (QED) is 0.423. The van der Waals surface area contributed by atoms with Gasteiger partial charge in [0.05, 0.1) is 6.42 Å². The summed E-state index contributed by atoms with van der Waals surface area (Å²) in [6.07, 6.45) is 0.252. The minimum atomic E-state index is -0.0180. The van der Waals surface area contributed by atoms with Crippen molar-refractivity contribution >= 4 is 11.6 Å². The van der Waals surface area contributed by atoms with Crippen molar-refractivity contribution < 1.29 is 4.79 Å². The van der Waals surface area contributed by atoms with Gasteiger partial charge in [-0.3, -0.25) is 4.79 Å². The molecule has 0 bridgehead atoms. The lowest BCUT2D eigenvalue weighted by Gasteiger charge is -2.10. The number of azide groups is 1. The predicted octanol–water partition coefficient (Wildman–Crippen LogP) is 2.26. The van der Waals surface area contributed by atoms with Crippen molar-refractivity contribution in [1.29, 1.82) is 0 Å². The molecule has 0 saturated heterocycles. The second-order valence-electron chi connectivity index (χ2n) is 3.28. The number of hydrogen-bond acceptors (Lipinski definition) is 2. The molecule has 0 aliphatic heterocycles. The van der Waals surface area contributed by atoms with Crippen LogP contribution < -0.4 is 0 Å². The molecular weight excluding hydrogens is 192 g/mol. The normalized spacial score (nSPS) is 9.20. The summed E-state index contributed by atoms with van der Waals surface area (Å²) in [7, 11) is 3.39. The van der Waals surface area contributed by atoms with Crippen molar-refractivity contribution in [2.75, 3.05) is 14.1 Å². The lowest BCUT2D eigenvalue weighted by Crippen LogP contribution is -2.23. The Morgan fingerprint density at radius 1 is 1.47 bits per heavy atom. The largest absolute Gasteiger partial charge is 0.349 e. The van der Waals surface area contributed by atoms with E-state index in [1.165, 1.54) is 4.90 Å². The van der Waals surface area contributed by atoms with Crippen LogP contribution in [0.2, 0.25) is 0 Å². The lowest BCUT2D eigenvalue weighted by molar-refractivity contribution is -0.127. The first-order chi connectivity index (χ1) is 7.15. The first-order valence-electron chi connectivity index (χ1n) is 4.48. The molecule has 0 aromatic heterocycles. The first-order valence-corrected chi connectivity index (χ1v) is 4.48. The maximum atomic E-state index is 11.5. The van der Waals surface area contributed by atoms with Crippen LogP contribution in [0.5, 0.6) is 0 Å². The van der Waals surface area contributed by atoms with E-state index in [-0.39, 0.29) is 12.3 Å². The summed E-state index contributed by atoms with van der Waals surface area (Å²) in [4.78, 5) is 15.7. The zero-order chi connectivity index (χ0) is 11.3. The van der Waals surface area contributed by atoms with Gasteiger partial charge in [0.15, 0.2) is 0 Å². The highest BCUT2D eigenvalue weighted by atomic mass is 16.2. The number of rotatable bonds is 3. The number of carbonyl (C=O) groups excluding carboxylic acids is 1. The second-order valence-corrected chi connectivity index (χ2v) is 3.28. The van der Waals surface area contributed by atoms with Gasteiger partial charge in [0, 0.05) is 24.7 Å². The van der Waals surface area contributed by atoms with Crippen molar-refractivity contribution in [3.05, 3.63) is 40.3 Å². The molecule has 5 nitrogen and oxygen atoms in total. The van der Waals surface area contributed by atoms with Crippen LogP contribution in [0.4, 0.5) is 5.69 Å². The Labute approximate surface area is 87.9 Å². The van der Waals surface area contributed by atoms with E-state index in [0.29, 0.717) is 5.69 Å². The van der Waals surface area contributed by atoms with Crippen molar-refractivity contribution in [3.8, 4) is 0 Å². The first kappa shape index (κ1) is 11.1. The van der Waals surface area contributed by atoms with Crippen LogP contribution in [0, 0.1) is 0 Å². The maximum absolute atomic E-state index is 11.5. The third-order valence-corrected chi connectivity index (χ3v) is 1.98. The topological polar surface area (TPSA) is 69.1 Å². The number of nitrogens with zero attached hydrogens (tertiary/aromatic N) is 4. The molecule has 0 aliphatic rings. The molecule has 0 N–H and O–H groups in total. The molecule has 0 fully saturated rings. The van der Waals surface area contributed by atoms with E-state index in [1.807, 2.05) is 6.07 Å². The van der Waals surface area contributed by atoms with Gasteiger partial charge < -0.3 is 4.90 Å². The predicted molar refractivity (Wildman–Crippen MR) is 57.6 cm³/mol. The Balaban J connectivity index is 2.94. The molecule has 0 spiro atoms. The molecule has 1 aromatic carbocycles. The molecule has 1 aromatic rings. The molecule has 1 amide bonds. The number of amides is 1. The zero-order valence-electron chi connectivity index (χ0n) is 8.71. The summed E-state index contributed by atoms with van der Waals surface area (Å²) in [6.45, 7) is 0. The Morgan fingerprint density at radius 2 is 2.13 bits per heavy atom. The summed E-state index contributed by atoms with van der Waals surface area (Å²) < 4.78 is 0. The minimum Gasteiger partial charge on any atom is -0.349 e. The van der Waals surface area contributed by atoms with E-state index in [1.54, 1.807) is 32.3 Å². The Kier molecular flexibility index (Phi) is 3.71. The Morgan fingerprint density at radius 3 is 2.73 bits per heavy atom. The monoisotopic (exact) mass is 204 g/mol. The molecule has 0 saturated carbocycles. The van der Waals surface area contributed by atoms with Crippen molar-refractivity contribution in [1.82, 2.24) is 4.90 Å². The van der Waals surface area contributed by atoms with E-state index in [4.69, 9.17) is 5.53 Å². The third kappa shape index (κ3) is 3.00. The Hall–Kier alpha value is -2.00. The van der Waals surface area contributed by atoms with E-state index in [0.717, 1.165) is 5.56 Å². The highest BCUT2D eigenvalue weighted by molar-refractivity contribution is 5.79. The summed E-state index contributed by atoms with van der Waals surface area (Å²) in [6, 6.07) is 7.06. The van der Waals surface area contributed by atoms with Gasteiger partial charge in [0.25, 0.3) is 0 Å². The van der Waals surface area contributed by atoms with Crippen LogP contribution in [0.1, 0.15) is 5.56 Å². The molecule has 0 heterocycles. The molecule has 1 rings (SSSR count). The molecular formula is C10H12N4O. The average molecular weight is 204 g/mol. The highest BCUT2D eigenvalue weighted by Crippen LogP contribution is 2.19. The van der Waals surface area contributed by atoms with Crippen molar-refractivity contribution in [2.45, 2.75) is 6.42 Å². The van der Waals surface area contributed by atoms with Gasteiger partial charge in [0.1, 0.15) is 0 Å². The van der Waals surface area contributed by atoms with Crippen LogP contribution in [0.15, 0.2) is 29.4 Å². The van der Waals surface area contributed by atoms with Crippen LogP contribution >= 0.6 is 0 Å². The van der Waals surface area contributed by atoms with E-state index < -0.39 is 0 Å². The number of carbonyl (C=O) groups is 1. The zero-order valence-corrected chi connectivity index (χ0v) is 8.71. The van der Waals surface area contributed by atoms with Gasteiger partial charge in [-0.05, 0) is 11.1 Å². The summed E-state index contributed by atoms with van der Waals surface area (Å²) in [5.74, 6) is -0.0180. The Bertz CT molecular complexity index is 408. The third-order valence-electron chi connectivity index (χ3n) is 1.98. The van der Waals surface area contributed by atoms with Gasteiger partial charge in [-0.1, -0.05) is 29.4 Å². The number of benzene rings is 1. The fourth-order valence-electron chi connectivity index (χ4n) is 1.13. The number of hydrogen-bond donors (Lipinski definition) is 0. The van der Waals surface area contributed by atoms with E-state index in [9.17, 15) is 4.79 Å². The van der Waals surface area contributed by atoms with Gasteiger partial charge >= 0.3 is 0 Å². The SMILES string of the molecule is CN(C)C(=O)Cc1ccccc1N=[N+]=[N-]. The van der Waals surface area contributed by atoms with Crippen LogP contribution in [-0.2, 0) is 11.2 Å². The minimum absolute atomic E-state index is 0.0180. The smallest absolute Gasteiger partial charge is 0.226 e. The lowest BCUT2D eigenvalue weighted by atomic mass is 10.1. The number of likely N-dealkylation sites (N-methyl/N-ethyl adjacent to an activating group) is 1. The average Bonchev–Trinajstić information content (AvgIpc) is 2.21. The second kappa shape index (κ2) is 5.02. The highest BCUT2D eigenvalue weighted by Gasteiger charge is 2.07. The van der Waals surface area contributed by atoms with Gasteiger partial charge in [-0.15, -0.1) is 0 Å². The van der Waals surface area contributed by atoms with Crippen LogP contribution in [0.3, 0.4) is 0 Å². The van der Waals surface area contributed by atoms with Crippen molar-refractivity contribution in [2.24, 2.45) is 5.11 Å². The molecule has 0 radical (unpaired) electrons.